The molecule has 74 valence electrons. The smallest absolute Gasteiger partial charge is 0.0714 e. The highest BCUT2D eigenvalue weighted by atomic mass is 32.1. The molecule has 0 saturated carbocycles. The summed E-state index contributed by atoms with van der Waals surface area (Å²) in [4.78, 5) is 0. The molecule has 2 heteroatoms. The Kier molecular flexibility index (Phi) is 6.02. The molecule has 0 heterocycles. The summed E-state index contributed by atoms with van der Waals surface area (Å²) < 4.78 is 5.67. The molecule has 0 aromatic rings. The van der Waals surface area contributed by atoms with E-state index in [2.05, 4.69) is 40.3 Å². The van der Waals surface area contributed by atoms with Crippen molar-refractivity contribution in [3.63, 3.8) is 0 Å². The molecule has 0 rings (SSSR count). The van der Waals surface area contributed by atoms with Crippen LogP contribution in [0, 0.1) is 5.92 Å². The van der Waals surface area contributed by atoms with Crippen LogP contribution in [0.1, 0.15) is 40.5 Å². The van der Waals surface area contributed by atoms with E-state index >= 15 is 0 Å². The van der Waals surface area contributed by atoms with Gasteiger partial charge in [-0.05, 0) is 26.2 Å². The van der Waals surface area contributed by atoms with E-state index in [9.17, 15) is 0 Å². The average Bonchev–Trinajstić information content (AvgIpc) is 2.04. The van der Waals surface area contributed by atoms with Crippen LogP contribution in [0.25, 0.3) is 0 Å². The van der Waals surface area contributed by atoms with Crippen LogP contribution in [0.15, 0.2) is 0 Å². The maximum atomic E-state index is 5.67. The first kappa shape index (κ1) is 12.3. The number of hydrogen-bond donors (Lipinski definition) is 1. The highest BCUT2D eigenvalue weighted by molar-refractivity contribution is 7.80. The lowest BCUT2D eigenvalue weighted by molar-refractivity contribution is -0.00473. The summed E-state index contributed by atoms with van der Waals surface area (Å²) in [6, 6.07) is 0. The van der Waals surface area contributed by atoms with Crippen molar-refractivity contribution in [2.45, 2.75) is 46.1 Å². The summed E-state index contributed by atoms with van der Waals surface area (Å²) in [6.07, 6.45) is 2.40. The largest absolute Gasteiger partial charge is 0.375 e. The van der Waals surface area contributed by atoms with Crippen LogP contribution in [-0.4, -0.2) is 18.0 Å². The highest BCUT2D eigenvalue weighted by Crippen LogP contribution is 2.13. The zero-order chi connectivity index (χ0) is 9.61. The fraction of sp³-hybridized carbons (Fsp3) is 1.00. The van der Waals surface area contributed by atoms with Crippen molar-refractivity contribution in [3.05, 3.63) is 0 Å². The lowest BCUT2D eigenvalue weighted by Crippen LogP contribution is -2.27. The maximum Gasteiger partial charge on any atom is 0.0714 e. The third-order valence-corrected chi connectivity index (χ3v) is 2.94. The molecule has 1 unspecified atom stereocenters. The molecule has 0 saturated heterocycles. The van der Waals surface area contributed by atoms with E-state index in [0.717, 1.165) is 24.7 Å². The molecule has 12 heavy (non-hydrogen) atoms. The monoisotopic (exact) mass is 190 g/mol. The van der Waals surface area contributed by atoms with Gasteiger partial charge in [0, 0.05) is 12.4 Å². The second-order valence-corrected chi connectivity index (χ2v) is 4.38. The molecule has 0 aliphatic carbocycles. The molecule has 0 fully saturated rings. The van der Waals surface area contributed by atoms with E-state index in [1.54, 1.807) is 0 Å². The number of hydrogen-bond acceptors (Lipinski definition) is 2. The predicted octanol–water partition coefficient (Wildman–Crippen LogP) is 3.15. The molecule has 0 radical (unpaired) electrons. The van der Waals surface area contributed by atoms with Gasteiger partial charge in [-0.2, -0.15) is 12.6 Å². The van der Waals surface area contributed by atoms with Crippen LogP contribution in [-0.2, 0) is 4.74 Å². The van der Waals surface area contributed by atoms with E-state index in [-0.39, 0.29) is 5.60 Å². The lowest BCUT2D eigenvalue weighted by atomic mass is 10.1. The third-order valence-electron chi connectivity index (χ3n) is 2.18. The Balaban J connectivity index is 3.42. The van der Waals surface area contributed by atoms with Gasteiger partial charge in [0.1, 0.15) is 0 Å². The average molecular weight is 190 g/mol. The molecule has 0 N–H and O–H groups in total. The quantitative estimate of drug-likeness (QED) is 0.633. The Morgan fingerprint density at radius 1 is 1.42 bits per heavy atom. The summed E-state index contributed by atoms with van der Waals surface area (Å²) >= 11 is 4.22. The minimum absolute atomic E-state index is 0.0590. The Morgan fingerprint density at radius 3 is 2.42 bits per heavy atom. The van der Waals surface area contributed by atoms with E-state index in [1.807, 2.05) is 0 Å². The van der Waals surface area contributed by atoms with E-state index in [4.69, 9.17) is 4.74 Å². The van der Waals surface area contributed by atoms with Gasteiger partial charge in [0.2, 0.25) is 0 Å². The summed E-state index contributed by atoms with van der Waals surface area (Å²) in [5, 5.41) is 0. The number of rotatable bonds is 6. The van der Waals surface area contributed by atoms with Gasteiger partial charge in [-0.15, -0.1) is 0 Å². The first-order valence-electron chi connectivity index (χ1n) is 4.76. The molecule has 0 bridgehead atoms. The van der Waals surface area contributed by atoms with Crippen molar-refractivity contribution in [3.8, 4) is 0 Å². The standard InChI is InChI=1S/C10H22OS/c1-5-9(2)6-7-11-10(3,4)8-12/h9,12H,5-8H2,1-4H3. The van der Waals surface area contributed by atoms with Crippen molar-refractivity contribution >= 4 is 12.6 Å². The topological polar surface area (TPSA) is 9.23 Å². The molecular formula is C10H22OS. The maximum absolute atomic E-state index is 5.67. The van der Waals surface area contributed by atoms with Crippen molar-refractivity contribution in [1.29, 1.82) is 0 Å². The molecule has 0 aromatic heterocycles. The van der Waals surface area contributed by atoms with Crippen LogP contribution in [0.5, 0.6) is 0 Å². The van der Waals surface area contributed by atoms with E-state index in [1.165, 1.54) is 6.42 Å². The van der Waals surface area contributed by atoms with Gasteiger partial charge in [0.15, 0.2) is 0 Å². The highest BCUT2D eigenvalue weighted by Gasteiger charge is 2.15. The molecule has 0 spiro atoms. The Bertz CT molecular complexity index is 112. The van der Waals surface area contributed by atoms with Crippen LogP contribution in [0.4, 0.5) is 0 Å². The van der Waals surface area contributed by atoms with Crippen molar-refractivity contribution in [1.82, 2.24) is 0 Å². The normalized spacial score (nSPS) is 14.8. The minimum atomic E-state index is -0.0590. The predicted molar refractivity (Wildman–Crippen MR) is 58.0 cm³/mol. The van der Waals surface area contributed by atoms with Gasteiger partial charge in [-0.25, -0.2) is 0 Å². The molecule has 0 amide bonds. The van der Waals surface area contributed by atoms with Crippen LogP contribution < -0.4 is 0 Å². The van der Waals surface area contributed by atoms with Gasteiger partial charge < -0.3 is 4.74 Å². The first-order chi connectivity index (χ1) is 5.52. The fourth-order valence-corrected chi connectivity index (χ4v) is 0.877. The second kappa shape index (κ2) is 5.87. The van der Waals surface area contributed by atoms with Gasteiger partial charge >= 0.3 is 0 Å². The number of ether oxygens (including phenoxy) is 1. The molecular weight excluding hydrogens is 168 g/mol. The second-order valence-electron chi connectivity index (χ2n) is 4.07. The Hall–Kier alpha value is 0.310. The Morgan fingerprint density at radius 2 is 2.00 bits per heavy atom. The van der Waals surface area contributed by atoms with Crippen LogP contribution in [0.2, 0.25) is 0 Å². The van der Waals surface area contributed by atoms with Gasteiger partial charge in [-0.1, -0.05) is 20.3 Å². The SMILES string of the molecule is CCC(C)CCOC(C)(C)CS. The van der Waals surface area contributed by atoms with E-state index in [0.29, 0.717) is 0 Å². The van der Waals surface area contributed by atoms with Crippen molar-refractivity contribution in [2.24, 2.45) is 5.92 Å². The van der Waals surface area contributed by atoms with Crippen LogP contribution >= 0.6 is 12.6 Å². The summed E-state index contributed by atoms with van der Waals surface area (Å²) in [7, 11) is 0. The van der Waals surface area contributed by atoms with E-state index < -0.39 is 0 Å². The molecule has 0 aliphatic heterocycles. The zero-order valence-electron chi connectivity index (χ0n) is 8.76. The molecule has 1 atom stereocenters. The number of thiol groups is 1. The molecule has 1 nitrogen and oxygen atoms in total. The third kappa shape index (κ3) is 5.90. The van der Waals surface area contributed by atoms with Gasteiger partial charge in [0.25, 0.3) is 0 Å². The summed E-state index contributed by atoms with van der Waals surface area (Å²) in [5.74, 6) is 1.56. The molecule has 0 aliphatic rings. The zero-order valence-corrected chi connectivity index (χ0v) is 9.66. The lowest BCUT2D eigenvalue weighted by Gasteiger charge is -2.23. The Labute approximate surface area is 82.3 Å². The van der Waals surface area contributed by atoms with Gasteiger partial charge in [0.05, 0.1) is 5.60 Å². The fourth-order valence-electron chi connectivity index (χ4n) is 0.786. The first-order valence-corrected chi connectivity index (χ1v) is 5.40. The van der Waals surface area contributed by atoms with Crippen molar-refractivity contribution < 1.29 is 4.74 Å². The van der Waals surface area contributed by atoms with Gasteiger partial charge in [-0.3, -0.25) is 0 Å². The minimum Gasteiger partial charge on any atom is -0.375 e. The molecule has 0 aromatic carbocycles. The van der Waals surface area contributed by atoms with Crippen LogP contribution in [0.3, 0.4) is 0 Å². The summed E-state index contributed by atoms with van der Waals surface area (Å²) in [5.41, 5.74) is -0.0590. The van der Waals surface area contributed by atoms with Crippen molar-refractivity contribution in [2.75, 3.05) is 12.4 Å². The summed E-state index contributed by atoms with van der Waals surface area (Å²) in [6.45, 7) is 9.50.